The Hall–Kier alpha value is -2.14. The number of aliphatic imine (C=N–C) groups is 1. The molecular formula is C16H12FNO2S. The van der Waals surface area contributed by atoms with Gasteiger partial charge in [-0.25, -0.2) is 4.39 Å². The zero-order chi connectivity index (χ0) is 14.8. The second-order valence-corrected chi connectivity index (χ2v) is 5.93. The molecule has 0 bridgehead atoms. The number of carboxylic acids is 1. The van der Waals surface area contributed by atoms with E-state index < -0.39 is 11.2 Å². The van der Waals surface area contributed by atoms with Crippen LogP contribution in [-0.2, 0) is 4.79 Å². The van der Waals surface area contributed by atoms with Crippen LogP contribution in [0.25, 0.3) is 0 Å². The minimum atomic E-state index is -0.869. The van der Waals surface area contributed by atoms with E-state index in [1.54, 1.807) is 12.1 Å². The predicted octanol–water partition coefficient (Wildman–Crippen LogP) is 3.90. The monoisotopic (exact) mass is 301 g/mol. The van der Waals surface area contributed by atoms with Crippen LogP contribution in [0, 0.1) is 5.82 Å². The fourth-order valence-corrected chi connectivity index (χ4v) is 3.21. The number of benzene rings is 2. The normalized spacial score (nSPS) is 17.6. The van der Waals surface area contributed by atoms with Crippen LogP contribution >= 0.6 is 11.8 Å². The maximum absolute atomic E-state index is 13.0. The van der Waals surface area contributed by atoms with Gasteiger partial charge in [0.25, 0.3) is 0 Å². The molecule has 3 nitrogen and oxygen atoms in total. The lowest BCUT2D eigenvalue weighted by atomic mass is 10.1. The standard InChI is InChI=1S/C16H12FNO2S/c17-11-7-5-10(6-8-11)13-9-15(16(19)20)21-14-4-2-1-3-12(14)18-13/h1-8,15H,9H2,(H,19,20)/t15-/m1/s1. The molecule has 0 aliphatic carbocycles. The van der Waals surface area contributed by atoms with E-state index in [4.69, 9.17) is 0 Å². The molecule has 3 rings (SSSR count). The van der Waals surface area contributed by atoms with E-state index in [0.29, 0.717) is 12.1 Å². The van der Waals surface area contributed by atoms with Crippen LogP contribution in [0.15, 0.2) is 58.4 Å². The Morgan fingerprint density at radius 2 is 1.90 bits per heavy atom. The molecule has 0 unspecified atom stereocenters. The molecule has 0 aromatic heterocycles. The minimum Gasteiger partial charge on any atom is -0.480 e. The Morgan fingerprint density at radius 3 is 2.62 bits per heavy atom. The van der Waals surface area contributed by atoms with Crippen LogP contribution in [0.4, 0.5) is 10.1 Å². The molecule has 1 N–H and O–H groups in total. The Labute approximate surface area is 125 Å². The molecular weight excluding hydrogens is 289 g/mol. The predicted molar refractivity (Wildman–Crippen MR) is 80.9 cm³/mol. The number of aliphatic carboxylic acids is 1. The highest BCUT2D eigenvalue weighted by Crippen LogP contribution is 2.37. The number of hydrogen-bond acceptors (Lipinski definition) is 3. The second kappa shape index (κ2) is 5.69. The van der Waals surface area contributed by atoms with E-state index in [9.17, 15) is 14.3 Å². The number of para-hydroxylation sites is 1. The van der Waals surface area contributed by atoms with Crippen LogP contribution in [0.2, 0.25) is 0 Å². The first kappa shape index (κ1) is 13.8. The van der Waals surface area contributed by atoms with Gasteiger partial charge in [-0.3, -0.25) is 9.79 Å². The number of carbonyl (C=O) groups is 1. The van der Waals surface area contributed by atoms with Crippen molar-refractivity contribution in [3.8, 4) is 0 Å². The van der Waals surface area contributed by atoms with Gasteiger partial charge < -0.3 is 5.11 Å². The molecule has 2 aromatic carbocycles. The summed E-state index contributed by atoms with van der Waals surface area (Å²) in [5.41, 5.74) is 2.17. The van der Waals surface area contributed by atoms with Crippen LogP contribution in [0.1, 0.15) is 12.0 Å². The van der Waals surface area contributed by atoms with Crippen molar-refractivity contribution in [2.24, 2.45) is 4.99 Å². The van der Waals surface area contributed by atoms with Gasteiger partial charge in [0.05, 0.1) is 11.4 Å². The van der Waals surface area contributed by atoms with E-state index in [2.05, 4.69) is 4.99 Å². The molecule has 0 saturated heterocycles. The summed E-state index contributed by atoms with van der Waals surface area (Å²) < 4.78 is 13.0. The molecule has 106 valence electrons. The van der Waals surface area contributed by atoms with Gasteiger partial charge in [-0.15, -0.1) is 11.8 Å². The topological polar surface area (TPSA) is 49.7 Å². The second-order valence-electron chi connectivity index (χ2n) is 4.68. The molecule has 1 heterocycles. The highest BCUT2D eigenvalue weighted by atomic mass is 32.2. The number of carboxylic acid groups (broad SMARTS) is 1. The number of fused-ring (bicyclic) bond motifs is 1. The smallest absolute Gasteiger partial charge is 0.317 e. The molecule has 2 aromatic rings. The highest BCUT2D eigenvalue weighted by Gasteiger charge is 2.26. The van der Waals surface area contributed by atoms with Crippen LogP contribution in [0.3, 0.4) is 0 Å². The van der Waals surface area contributed by atoms with Crippen molar-refractivity contribution in [3.05, 3.63) is 59.9 Å². The summed E-state index contributed by atoms with van der Waals surface area (Å²) in [5, 5.41) is 8.76. The number of hydrogen-bond donors (Lipinski definition) is 1. The van der Waals surface area contributed by atoms with Gasteiger partial charge in [0.15, 0.2) is 0 Å². The van der Waals surface area contributed by atoms with E-state index in [0.717, 1.165) is 16.1 Å². The van der Waals surface area contributed by atoms with Crippen molar-refractivity contribution in [1.82, 2.24) is 0 Å². The third kappa shape index (κ3) is 2.97. The van der Waals surface area contributed by atoms with Crippen LogP contribution in [-0.4, -0.2) is 22.0 Å². The summed E-state index contributed by atoms with van der Waals surface area (Å²) in [4.78, 5) is 16.8. The zero-order valence-corrected chi connectivity index (χ0v) is 11.8. The first-order valence-electron chi connectivity index (χ1n) is 6.45. The van der Waals surface area contributed by atoms with Gasteiger partial charge in [0.2, 0.25) is 0 Å². The number of rotatable bonds is 2. The van der Waals surface area contributed by atoms with E-state index >= 15 is 0 Å². The van der Waals surface area contributed by atoms with Crippen molar-refractivity contribution < 1.29 is 14.3 Å². The first-order chi connectivity index (χ1) is 10.1. The summed E-state index contributed by atoms with van der Waals surface area (Å²) >= 11 is 1.30. The Balaban J connectivity index is 2.07. The summed E-state index contributed by atoms with van der Waals surface area (Å²) in [6.45, 7) is 0. The number of halogens is 1. The SMILES string of the molecule is O=C(O)[C@H]1CC(c2ccc(F)cc2)=Nc2ccccc2S1. The molecule has 0 spiro atoms. The largest absolute Gasteiger partial charge is 0.480 e. The third-order valence-electron chi connectivity index (χ3n) is 3.22. The van der Waals surface area contributed by atoms with E-state index in [1.807, 2.05) is 24.3 Å². The van der Waals surface area contributed by atoms with Crippen LogP contribution in [0.5, 0.6) is 0 Å². The van der Waals surface area contributed by atoms with E-state index in [-0.39, 0.29) is 5.82 Å². The highest BCUT2D eigenvalue weighted by molar-refractivity contribution is 8.00. The van der Waals surface area contributed by atoms with Crippen molar-refractivity contribution >= 4 is 29.1 Å². The molecule has 1 aliphatic rings. The Kier molecular flexibility index (Phi) is 3.75. The lowest BCUT2D eigenvalue weighted by Crippen LogP contribution is -2.20. The van der Waals surface area contributed by atoms with Crippen LogP contribution < -0.4 is 0 Å². The summed E-state index contributed by atoms with van der Waals surface area (Å²) in [6, 6.07) is 13.4. The average Bonchev–Trinajstić information content (AvgIpc) is 2.67. The van der Waals surface area contributed by atoms with Gasteiger partial charge in [-0.1, -0.05) is 24.3 Å². The fourth-order valence-electron chi connectivity index (χ4n) is 2.17. The summed E-state index contributed by atoms with van der Waals surface area (Å²) in [6.07, 6.45) is 0.306. The van der Waals surface area contributed by atoms with Gasteiger partial charge in [0.1, 0.15) is 11.1 Å². The van der Waals surface area contributed by atoms with Crippen molar-refractivity contribution in [3.63, 3.8) is 0 Å². The van der Waals surface area contributed by atoms with Gasteiger partial charge >= 0.3 is 5.97 Å². The van der Waals surface area contributed by atoms with Gasteiger partial charge in [-0.05, 0) is 29.8 Å². The average molecular weight is 301 g/mol. The molecule has 0 fully saturated rings. The first-order valence-corrected chi connectivity index (χ1v) is 7.33. The third-order valence-corrected chi connectivity index (χ3v) is 4.47. The maximum atomic E-state index is 13.0. The van der Waals surface area contributed by atoms with Crippen molar-refractivity contribution in [2.75, 3.05) is 0 Å². The van der Waals surface area contributed by atoms with Gasteiger partial charge in [-0.2, -0.15) is 0 Å². The number of nitrogens with zero attached hydrogens (tertiary/aromatic N) is 1. The molecule has 1 atom stereocenters. The molecule has 1 aliphatic heterocycles. The lowest BCUT2D eigenvalue weighted by molar-refractivity contribution is -0.136. The molecule has 21 heavy (non-hydrogen) atoms. The summed E-state index contributed by atoms with van der Waals surface area (Å²) in [5.74, 6) is -1.19. The van der Waals surface area contributed by atoms with Gasteiger partial charge in [0, 0.05) is 11.3 Å². The van der Waals surface area contributed by atoms with Crippen molar-refractivity contribution in [2.45, 2.75) is 16.6 Å². The maximum Gasteiger partial charge on any atom is 0.317 e. The minimum absolute atomic E-state index is 0.306. The van der Waals surface area contributed by atoms with Crippen molar-refractivity contribution in [1.29, 1.82) is 0 Å². The molecule has 0 saturated carbocycles. The molecule has 0 amide bonds. The lowest BCUT2D eigenvalue weighted by Gasteiger charge is -2.10. The molecule has 0 radical (unpaired) electrons. The molecule has 5 heteroatoms. The fraction of sp³-hybridized carbons (Fsp3) is 0.125. The quantitative estimate of drug-likeness (QED) is 0.915. The summed E-state index contributed by atoms with van der Waals surface area (Å²) in [7, 11) is 0. The van der Waals surface area contributed by atoms with E-state index in [1.165, 1.54) is 23.9 Å². The number of thioether (sulfide) groups is 1. The Bertz CT molecular complexity index is 712. The zero-order valence-electron chi connectivity index (χ0n) is 11.0. The Morgan fingerprint density at radius 1 is 1.19 bits per heavy atom.